The van der Waals surface area contributed by atoms with Gasteiger partial charge in [-0.05, 0) is 55.2 Å². The topological polar surface area (TPSA) is 55.8 Å². The summed E-state index contributed by atoms with van der Waals surface area (Å²) >= 11 is 12.2. The van der Waals surface area contributed by atoms with Crippen LogP contribution < -0.4 is 0 Å². The summed E-state index contributed by atoms with van der Waals surface area (Å²) in [6.45, 7) is 3.67. The molecule has 3 fully saturated rings. The molecule has 1 saturated carbocycles. The number of benzene rings is 1. The van der Waals surface area contributed by atoms with Gasteiger partial charge in [0.1, 0.15) is 4.90 Å². The number of hydrogen-bond acceptors (Lipinski definition) is 4. The second kappa shape index (κ2) is 7.81. The highest BCUT2D eigenvalue weighted by atomic mass is 35.5. The molecule has 3 aliphatic rings. The van der Waals surface area contributed by atoms with Crippen molar-refractivity contribution >= 4 is 33.2 Å². The molecule has 2 aliphatic heterocycles. The average Bonchev–Trinajstić information content (AvgIpc) is 3.40. The first-order chi connectivity index (χ1) is 12.9. The smallest absolute Gasteiger partial charge is 0.244 e. The number of sulfonamides is 1. The molecule has 4 rings (SSSR count). The summed E-state index contributed by atoms with van der Waals surface area (Å²) in [7, 11) is -3.71. The van der Waals surface area contributed by atoms with Crippen LogP contribution in [-0.4, -0.2) is 52.2 Å². The van der Waals surface area contributed by atoms with Crippen LogP contribution in [0.3, 0.4) is 0 Å². The average molecular weight is 434 g/mol. The van der Waals surface area contributed by atoms with E-state index in [1.54, 1.807) is 10.4 Å². The van der Waals surface area contributed by atoms with E-state index in [9.17, 15) is 8.42 Å². The van der Waals surface area contributed by atoms with E-state index < -0.39 is 10.0 Å². The predicted molar refractivity (Wildman–Crippen MR) is 105 cm³/mol. The van der Waals surface area contributed by atoms with Crippen molar-refractivity contribution in [1.82, 2.24) is 4.31 Å². The van der Waals surface area contributed by atoms with Gasteiger partial charge in [0.05, 0.1) is 11.6 Å². The largest absolute Gasteiger partial charge is 0.381 e. The lowest BCUT2D eigenvalue weighted by Gasteiger charge is -2.38. The minimum absolute atomic E-state index is 0.0819. The van der Waals surface area contributed by atoms with Gasteiger partial charge in [0.25, 0.3) is 0 Å². The summed E-state index contributed by atoms with van der Waals surface area (Å²) in [5.74, 6) is 0.870. The van der Waals surface area contributed by atoms with Gasteiger partial charge in [0, 0.05) is 43.9 Å². The summed E-state index contributed by atoms with van der Waals surface area (Å²) in [5.41, 5.74) is -0.0834. The second-order valence-corrected chi connectivity index (χ2v) is 10.8. The summed E-state index contributed by atoms with van der Waals surface area (Å²) < 4.78 is 39.7. The predicted octanol–water partition coefficient (Wildman–Crippen LogP) is 3.84. The Morgan fingerprint density at radius 1 is 1.19 bits per heavy atom. The molecule has 2 heterocycles. The first kappa shape index (κ1) is 19.9. The molecule has 0 unspecified atom stereocenters. The van der Waals surface area contributed by atoms with Crippen molar-refractivity contribution in [1.29, 1.82) is 0 Å². The molecule has 1 aromatic carbocycles. The normalized spacial score (nSPS) is 25.9. The molecule has 5 nitrogen and oxygen atoms in total. The third-order valence-electron chi connectivity index (χ3n) is 6.15. The molecule has 0 aromatic heterocycles. The van der Waals surface area contributed by atoms with Crippen LogP contribution in [0.15, 0.2) is 23.1 Å². The molecule has 1 aliphatic carbocycles. The molecule has 1 spiro atoms. The highest BCUT2D eigenvalue weighted by Crippen LogP contribution is 2.46. The zero-order chi connectivity index (χ0) is 19.1. The number of ether oxygens (including phenoxy) is 2. The summed E-state index contributed by atoms with van der Waals surface area (Å²) in [6, 6.07) is 4.57. The van der Waals surface area contributed by atoms with Gasteiger partial charge in [-0.15, -0.1) is 0 Å². The van der Waals surface area contributed by atoms with E-state index in [1.165, 1.54) is 25.0 Å². The van der Waals surface area contributed by atoms with Crippen LogP contribution in [-0.2, 0) is 19.5 Å². The third kappa shape index (κ3) is 4.16. The molecular weight excluding hydrogens is 409 g/mol. The molecule has 27 heavy (non-hydrogen) atoms. The highest BCUT2D eigenvalue weighted by Gasteiger charge is 2.51. The van der Waals surface area contributed by atoms with Crippen LogP contribution in [0, 0.1) is 17.3 Å². The highest BCUT2D eigenvalue weighted by molar-refractivity contribution is 7.89. The van der Waals surface area contributed by atoms with E-state index in [0.29, 0.717) is 43.9 Å². The van der Waals surface area contributed by atoms with Crippen LogP contribution in [0.2, 0.25) is 10.0 Å². The Kier molecular flexibility index (Phi) is 5.76. The van der Waals surface area contributed by atoms with Crippen molar-refractivity contribution < 1.29 is 17.9 Å². The van der Waals surface area contributed by atoms with Gasteiger partial charge in [0.15, 0.2) is 0 Å². The molecule has 0 bridgehead atoms. The number of nitrogens with zero attached hydrogens (tertiary/aromatic N) is 1. The molecule has 1 atom stereocenters. The molecule has 0 radical (unpaired) electrons. The van der Waals surface area contributed by atoms with Crippen molar-refractivity contribution in [2.24, 2.45) is 17.3 Å². The van der Waals surface area contributed by atoms with E-state index >= 15 is 0 Å². The number of rotatable bonds is 6. The Morgan fingerprint density at radius 3 is 2.63 bits per heavy atom. The maximum atomic E-state index is 13.3. The fourth-order valence-corrected chi connectivity index (χ4v) is 6.54. The number of hydrogen-bond donors (Lipinski definition) is 0. The molecule has 150 valence electrons. The van der Waals surface area contributed by atoms with Crippen molar-refractivity contribution in [3.63, 3.8) is 0 Å². The van der Waals surface area contributed by atoms with Gasteiger partial charge in [-0.25, -0.2) is 8.42 Å². The fourth-order valence-electron chi connectivity index (χ4n) is 4.22. The molecule has 8 heteroatoms. The van der Waals surface area contributed by atoms with E-state index in [4.69, 9.17) is 32.7 Å². The lowest BCUT2D eigenvalue weighted by molar-refractivity contribution is -0.0241. The molecule has 2 saturated heterocycles. The van der Waals surface area contributed by atoms with Crippen molar-refractivity contribution in [2.45, 2.75) is 30.6 Å². The first-order valence-electron chi connectivity index (χ1n) is 9.51. The zero-order valence-corrected chi connectivity index (χ0v) is 17.5. The minimum atomic E-state index is -3.71. The van der Waals surface area contributed by atoms with Crippen LogP contribution >= 0.6 is 23.2 Å². The van der Waals surface area contributed by atoms with Gasteiger partial charge in [0.2, 0.25) is 10.0 Å². The van der Waals surface area contributed by atoms with Gasteiger partial charge >= 0.3 is 0 Å². The Morgan fingerprint density at radius 2 is 1.93 bits per heavy atom. The fraction of sp³-hybridized carbons (Fsp3) is 0.684. The summed E-state index contributed by atoms with van der Waals surface area (Å²) in [4.78, 5) is 0.0819. The molecule has 0 N–H and O–H groups in total. The Bertz CT molecular complexity index is 791. The Hall–Kier alpha value is -0.370. The maximum absolute atomic E-state index is 13.3. The summed E-state index contributed by atoms with van der Waals surface area (Å²) in [5, 5.41) is 0.566. The van der Waals surface area contributed by atoms with Crippen LogP contribution in [0.4, 0.5) is 0 Å². The van der Waals surface area contributed by atoms with E-state index in [0.717, 1.165) is 19.4 Å². The van der Waals surface area contributed by atoms with Crippen molar-refractivity contribution in [3.8, 4) is 0 Å². The maximum Gasteiger partial charge on any atom is 0.244 e. The van der Waals surface area contributed by atoms with E-state index in [-0.39, 0.29) is 21.3 Å². The lowest BCUT2D eigenvalue weighted by atomic mass is 9.72. The second-order valence-electron chi connectivity index (χ2n) is 8.02. The summed E-state index contributed by atoms with van der Waals surface area (Å²) in [6.07, 6.45) is 4.22. The number of halogens is 2. The molecule has 0 amide bonds. The zero-order valence-electron chi connectivity index (χ0n) is 15.2. The van der Waals surface area contributed by atoms with Gasteiger partial charge in [-0.1, -0.05) is 23.2 Å². The van der Waals surface area contributed by atoms with E-state index in [2.05, 4.69) is 0 Å². The lowest BCUT2D eigenvalue weighted by Crippen LogP contribution is -2.39. The van der Waals surface area contributed by atoms with Crippen LogP contribution in [0.1, 0.15) is 25.7 Å². The quantitative estimate of drug-likeness (QED) is 0.683. The van der Waals surface area contributed by atoms with Gasteiger partial charge in [-0.2, -0.15) is 4.31 Å². The van der Waals surface area contributed by atoms with Crippen molar-refractivity contribution in [2.75, 3.05) is 39.5 Å². The van der Waals surface area contributed by atoms with Gasteiger partial charge < -0.3 is 9.47 Å². The van der Waals surface area contributed by atoms with Crippen LogP contribution in [0.5, 0.6) is 0 Å². The molecular formula is C19H25Cl2NO4S. The minimum Gasteiger partial charge on any atom is -0.381 e. The third-order valence-corrected chi connectivity index (χ3v) is 8.68. The van der Waals surface area contributed by atoms with Crippen LogP contribution in [0.25, 0.3) is 0 Å². The van der Waals surface area contributed by atoms with E-state index in [1.807, 2.05) is 0 Å². The Labute approximate surface area is 171 Å². The van der Waals surface area contributed by atoms with Crippen molar-refractivity contribution in [3.05, 3.63) is 28.2 Å². The Balaban J connectivity index is 1.56. The monoisotopic (exact) mass is 433 g/mol. The first-order valence-corrected chi connectivity index (χ1v) is 11.7. The standard InChI is InChI=1S/C19H25Cl2NO4S/c20-16-3-4-17(21)18(9-16)27(23,24)22-10-15(12-26-11-14-1-2-14)19(13-22)5-7-25-8-6-19/h3-4,9,14-15H,1-2,5-8,10-13H2/t15-/m1/s1. The molecule has 1 aromatic rings. The SMILES string of the molecule is O=S(=O)(c1cc(Cl)ccc1Cl)N1C[C@H](COCC2CC2)C2(CCOCC2)C1. The van der Waals surface area contributed by atoms with Gasteiger partial charge in [-0.3, -0.25) is 0 Å².